The van der Waals surface area contributed by atoms with Gasteiger partial charge in [-0.3, -0.25) is 9.78 Å². The first-order chi connectivity index (χ1) is 22.4. The summed E-state index contributed by atoms with van der Waals surface area (Å²) >= 11 is 7.14. The van der Waals surface area contributed by atoms with Crippen molar-refractivity contribution in [1.82, 2.24) is 24.4 Å². The summed E-state index contributed by atoms with van der Waals surface area (Å²) in [6.45, 7) is 11.3. The quantitative estimate of drug-likeness (QED) is 0.227. The van der Waals surface area contributed by atoms with E-state index in [-0.39, 0.29) is 23.9 Å². The van der Waals surface area contributed by atoms with Crippen LogP contribution in [0.4, 0.5) is 5.82 Å². The number of carbonyl (C=O) groups excluding carboxylic acids is 1. The van der Waals surface area contributed by atoms with Crippen LogP contribution in [0, 0.1) is 0 Å². The second kappa shape index (κ2) is 14.0. The van der Waals surface area contributed by atoms with Gasteiger partial charge >= 0.3 is 5.69 Å². The summed E-state index contributed by atoms with van der Waals surface area (Å²) in [4.78, 5) is 46.4. The summed E-state index contributed by atoms with van der Waals surface area (Å²) in [5, 5.41) is 2.28. The highest BCUT2D eigenvalue weighted by molar-refractivity contribution is 6.50. The van der Waals surface area contributed by atoms with Crippen LogP contribution >= 0.6 is 11.6 Å². The van der Waals surface area contributed by atoms with Crippen molar-refractivity contribution < 1.29 is 4.79 Å². The van der Waals surface area contributed by atoms with Gasteiger partial charge in [-0.05, 0) is 54.9 Å². The van der Waals surface area contributed by atoms with Crippen LogP contribution in [0.3, 0.4) is 0 Å². The molecule has 0 N–H and O–H groups in total. The number of halogens is 1. The molecule has 1 aliphatic heterocycles. The lowest BCUT2D eigenvalue weighted by Gasteiger charge is -2.45. The van der Waals surface area contributed by atoms with E-state index in [1.54, 1.807) is 10.8 Å². The molecule has 1 amide bonds. The first-order valence-electron chi connectivity index (χ1n) is 16.4. The first kappa shape index (κ1) is 34.3. The smallest absolute Gasteiger partial charge is 0.347 e. The molecule has 2 atom stereocenters. The average molecular weight is 644 g/mol. The second-order valence-electron chi connectivity index (χ2n) is 13.1. The molecule has 0 radical (unpaired) electrons. The number of pyridine rings is 2. The van der Waals surface area contributed by atoms with E-state index in [1.807, 2.05) is 63.0 Å². The van der Waals surface area contributed by atoms with E-state index >= 15 is 0 Å². The molecule has 5 rings (SSSR count). The SMILES string of the molecule is B/C=C(\B)C(=O)N1C[C@H](C)N(c2nc(=O)n(-c3c(CC)ccnc3C(C)C)c3nc(-c4ccccc4C=C(B)B)c(Cl)cc23)[C@@H](C)C1. The van der Waals surface area contributed by atoms with Crippen molar-refractivity contribution in [3.8, 4) is 16.9 Å². The van der Waals surface area contributed by atoms with E-state index in [2.05, 4.69) is 61.3 Å². The third-order valence-electron chi connectivity index (χ3n) is 8.87. The first-order valence-corrected chi connectivity index (χ1v) is 16.8. The zero-order valence-corrected chi connectivity index (χ0v) is 29.7. The van der Waals surface area contributed by atoms with E-state index in [0.29, 0.717) is 52.6 Å². The Bertz CT molecular complexity index is 1960. The highest BCUT2D eigenvalue weighted by Crippen LogP contribution is 2.37. The highest BCUT2D eigenvalue weighted by Gasteiger charge is 2.35. The van der Waals surface area contributed by atoms with Crippen molar-refractivity contribution in [2.75, 3.05) is 18.0 Å². The summed E-state index contributed by atoms with van der Waals surface area (Å²) in [7, 11) is 7.83. The minimum absolute atomic E-state index is 0.0216. The second-order valence-corrected chi connectivity index (χ2v) is 13.5. The van der Waals surface area contributed by atoms with Crippen LogP contribution in [-0.4, -0.2) is 86.9 Å². The lowest BCUT2D eigenvalue weighted by Crippen LogP contribution is -2.59. The standard InChI is InChI=1S/C34H41B4ClN6O2/c1-6-21-11-12-40-28(18(2)3)30(21)45-31-24(14-26(39)29(41-31)23-10-8-7-9-22(23)13-27(37)38)32(42-34(45)47)44-19(4)16-43(17-20(44)5)33(46)25(36)15-35/h7-15,18-20H,6,16-17,35-38H2,1-5H3/b25-15-/t19-,20-/m0/s1. The van der Waals surface area contributed by atoms with Crippen molar-refractivity contribution in [3.05, 3.63) is 91.7 Å². The molecule has 1 saturated heterocycles. The molecule has 4 heterocycles. The highest BCUT2D eigenvalue weighted by atomic mass is 35.5. The Balaban J connectivity index is 1.83. The maximum atomic E-state index is 14.4. The molecule has 1 fully saturated rings. The van der Waals surface area contributed by atoms with Crippen LogP contribution in [0.2, 0.25) is 5.02 Å². The fourth-order valence-corrected chi connectivity index (χ4v) is 6.85. The molecule has 0 saturated carbocycles. The normalized spacial score (nSPS) is 17.0. The molecule has 4 aromatic rings. The summed E-state index contributed by atoms with van der Waals surface area (Å²) in [5.41, 5.74) is 5.71. The fraction of sp³-hybridized carbons (Fsp3) is 0.324. The number of aromatic nitrogens is 4. The largest absolute Gasteiger partial charge is 0.355 e. The number of carbonyl (C=O) groups is 1. The predicted octanol–water partition coefficient (Wildman–Crippen LogP) is 2.28. The predicted molar refractivity (Wildman–Crippen MR) is 205 cm³/mol. The molecule has 0 spiro atoms. The van der Waals surface area contributed by atoms with Crippen molar-refractivity contribution in [3.63, 3.8) is 0 Å². The van der Waals surface area contributed by atoms with Gasteiger partial charge < -0.3 is 9.80 Å². The molecule has 1 aliphatic rings. The van der Waals surface area contributed by atoms with Gasteiger partial charge in [0, 0.05) is 36.9 Å². The van der Waals surface area contributed by atoms with Crippen LogP contribution in [0.1, 0.15) is 57.4 Å². The molecular weight excluding hydrogens is 603 g/mol. The minimum Gasteiger partial charge on any atom is -0.347 e. The number of aryl methyl sites for hydroxylation is 1. The van der Waals surface area contributed by atoms with Gasteiger partial charge in [-0.25, -0.2) is 14.3 Å². The number of fused-ring (bicyclic) bond motifs is 1. The van der Waals surface area contributed by atoms with E-state index in [9.17, 15) is 9.59 Å². The van der Waals surface area contributed by atoms with Crippen molar-refractivity contribution in [2.45, 2.75) is 59.0 Å². The van der Waals surface area contributed by atoms with Gasteiger partial charge in [-0.15, -0.1) is 11.3 Å². The molecule has 1 aromatic carbocycles. The maximum absolute atomic E-state index is 14.4. The molecule has 3 aromatic heterocycles. The third-order valence-corrected chi connectivity index (χ3v) is 9.16. The van der Waals surface area contributed by atoms with E-state index in [1.165, 1.54) is 0 Å². The number of amides is 1. The van der Waals surface area contributed by atoms with E-state index in [0.717, 1.165) is 33.4 Å². The van der Waals surface area contributed by atoms with Crippen LogP contribution in [0.25, 0.3) is 34.1 Å². The van der Waals surface area contributed by atoms with Gasteiger partial charge in [0.05, 0.1) is 27.5 Å². The van der Waals surface area contributed by atoms with Gasteiger partial charge in [-0.1, -0.05) is 62.7 Å². The number of hydrogen-bond acceptors (Lipinski definition) is 6. The Hall–Kier alpha value is -4.04. The zero-order valence-electron chi connectivity index (χ0n) is 28.9. The van der Waals surface area contributed by atoms with Crippen LogP contribution in [-0.2, 0) is 11.2 Å². The topological polar surface area (TPSA) is 84.2 Å². The summed E-state index contributed by atoms with van der Waals surface area (Å²) < 4.78 is 1.63. The van der Waals surface area contributed by atoms with Gasteiger partial charge in [0.2, 0.25) is 5.91 Å². The van der Waals surface area contributed by atoms with Crippen molar-refractivity contribution in [1.29, 1.82) is 0 Å². The Morgan fingerprint density at radius 3 is 2.38 bits per heavy atom. The van der Waals surface area contributed by atoms with Gasteiger partial charge in [0.15, 0.2) is 5.65 Å². The van der Waals surface area contributed by atoms with Crippen LogP contribution in [0.15, 0.2) is 64.2 Å². The number of benzene rings is 1. The van der Waals surface area contributed by atoms with Gasteiger partial charge in [-0.2, -0.15) is 4.98 Å². The summed E-state index contributed by atoms with van der Waals surface area (Å²) in [6.07, 6.45) is 4.61. The van der Waals surface area contributed by atoms with Crippen LogP contribution in [0.5, 0.6) is 0 Å². The molecule has 13 heteroatoms. The number of anilines is 1. The van der Waals surface area contributed by atoms with Gasteiger partial charge in [0.25, 0.3) is 0 Å². The zero-order chi connectivity index (χ0) is 34.2. The van der Waals surface area contributed by atoms with Gasteiger partial charge in [0.1, 0.15) is 37.2 Å². The number of nitrogens with zero attached hydrogens (tertiary/aromatic N) is 6. The number of piperazine rings is 1. The lowest BCUT2D eigenvalue weighted by molar-refractivity contribution is -0.127. The van der Waals surface area contributed by atoms with Crippen molar-refractivity contribution >= 4 is 71.8 Å². The Kier molecular flexibility index (Phi) is 10.2. The molecule has 47 heavy (non-hydrogen) atoms. The summed E-state index contributed by atoms with van der Waals surface area (Å²) in [5.74, 6) is 2.43. The Morgan fingerprint density at radius 1 is 1.09 bits per heavy atom. The molecule has 0 unspecified atom stereocenters. The maximum Gasteiger partial charge on any atom is 0.355 e. The lowest BCUT2D eigenvalue weighted by atomic mass is 9.77. The number of hydrogen-bond donors (Lipinski definition) is 0. The summed E-state index contributed by atoms with van der Waals surface area (Å²) in [6, 6.07) is 11.6. The third kappa shape index (κ3) is 6.57. The average Bonchev–Trinajstić information content (AvgIpc) is 3.03. The van der Waals surface area contributed by atoms with E-state index in [4.69, 9.17) is 26.6 Å². The fourth-order valence-electron chi connectivity index (χ4n) is 6.60. The monoisotopic (exact) mass is 644 g/mol. The minimum atomic E-state index is -0.432. The van der Waals surface area contributed by atoms with Crippen LogP contribution < -0.4 is 10.6 Å². The molecule has 0 bridgehead atoms. The van der Waals surface area contributed by atoms with E-state index < -0.39 is 5.69 Å². The Labute approximate surface area is 286 Å². The Morgan fingerprint density at radius 2 is 1.77 bits per heavy atom. The molecule has 0 aliphatic carbocycles. The molecule has 8 nitrogen and oxygen atoms in total. The molecular formula is C34H41B4ClN6O2. The number of rotatable bonds is 7. The van der Waals surface area contributed by atoms with Crippen molar-refractivity contribution in [2.24, 2.45) is 0 Å². The molecule has 238 valence electrons.